The van der Waals surface area contributed by atoms with Gasteiger partial charge in [-0.1, -0.05) is 6.07 Å². The molecule has 0 saturated carbocycles. The maximum atomic E-state index is 12.0. The highest BCUT2D eigenvalue weighted by molar-refractivity contribution is 7.12. The number of benzene rings is 1. The maximum Gasteiger partial charge on any atom is 0.349 e. The highest BCUT2D eigenvalue weighted by atomic mass is 32.1. The number of nitro groups is 1. The van der Waals surface area contributed by atoms with Crippen LogP contribution < -0.4 is 5.32 Å². The Hall–Kier alpha value is -2.74. The molecule has 0 unspecified atom stereocenters. The van der Waals surface area contributed by atoms with Crippen molar-refractivity contribution >= 4 is 34.6 Å². The van der Waals surface area contributed by atoms with E-state index in [1.54, 1.807) is 18.4 Å². The zero-order valence-corrected chi connectivity index (χ0v) is 13.3. The predicted octanol–water partition coefficient (Wildman–Crippen LogP) is 3.15. The van der Waals surface area contributed by atoms with E-state index in [9.17, 15) is 19.7 Å². The summed E-state index contributed by atoms with van der Waals surface area (Å²) in [6.07, 6.45) is -1.02. The summed E-state index contributed by atoms with van der Waals surface area (Å²) < 4.78 is 5.11. The van der Waals surface area contributed by atoms with Crippen molar-refractivity contribution in [1.82, 2.24) is 0 Å². The van der Waals surface area contributed by atoms with Gasteiger partial charge in [-0.3, -0.25) is 14.9 Å². The first kappa shape index (κ1) is 16.6. The zero-order chi connectivity index (χ0) is 17.0. The normalized spacial score (nSPS) is 11.6. The van der Waals surface area contributed by atoms with Gasteiger partial charge in [-0.05, 0) is 36.9 Å². The molecule has 8 heteroatoms. The lowest BCUT2D eigenvalue weighted by Crippen LogP contribution is -2.29. The van der Waals surface area contributed by atoms with E-state index in [2.05, 4.69) is 5.32 Å². The first-order chi connectivity index (χ1) is 10.9. The van der Waals surface area contributed by atoms with E-state index < -0.39 is 22.9 Å². The number of amides is 1. The fraction of sp³-hybridized carbons (Fsp3) is 0.200. The molecule has 0 fully saturated rings. The predicted molar refractivity (Wildman–Crippen MR) is 85.7 cm³/mol. The quantitative estimate of drug-likeness (QED) is 0.514. The number of ether oxygens (including phenoxy) is 1. The lowest BCUT2D eigenvalue weighted by Gasteiger charge is -2.13. The Labute approximate surface area is 136 Å². The summed E-state index contributed by atoms with van der Waals surface area (Å²) in [5.41, 5.74) is 0.910. The Morgan fingerprint density at radius 1 is 1.35 bits per heavy atom. The van der Waals surface area contributed by atoms with Crippen molar-refractivity contribution in [2.45, 2.75) is 20.0 Å². The molecule has 2 aromatic rings. The molecule has 1 atom stereocenters. The van der Waals surface area contributed by atoms with E-state index in [1.165, 1.54) is 42.5 Å². The average molecular weight is 334 g/mol. The van der Waals surface area contributed by atoms with Gasteiger partial charge in [0.2, 0.25) is 0 Å². The maximum absolute atomic E-state index is 12.0. The van der Waals surface area contributed by atoms with E-state index in [4.69, 9.17) is 4.74 Å². The van der Waals surface area contributed by atoms with Crippen molar-refractivity contribution in [1.29, 1.82) is 0 Å². The molecule has 1 aromatic carbocycles. The first-order valence-electron chi connectivity index (χ1n) is 6.69. The molecule has 120 valence electrons. The molecular formula is C15H14N2O5S. The summed E-state index contributed by atoms with van der Waals surface area (Å²) in [7, 11) is 0. The second kappa shape index (κ2) is 7.01. The molecule has 0 aliphatic heterocycles. The lowest BCUT2D eigenvalue weighted by molar-refractivity contribution is -0.384. The molecule has 1 heterocycles. The van der Waals surface area contributed by atoms with Crippen LogP contribution in [0.15, 0.2) is 35.7 Å². The van der Waals surface area contributed by atoms with Gasteiger partial charge in [-0.25, -0.2) is 4.79 Å². The number of anilines is 1. The van der Waals surface area contributed by atoms with Gasteiger partial charge in [0.05, 0.1) is 4.92 Å². The van der Waals surface area contributed by atoms with Crippen molar-refractivity contribution in [3.8, 4) is 0 Å². The molecule has 0 radical (unpaired) electrons. The third-order valence-electron chi connectivity index (χ3n) is 3.03. The van der Waals surface area contributed by atoms with Gasteiger partial charge in [0, 0.05) is 17.8 Å². The molecule has 1 amide bonds. The van der Waals surface area contributed by atoms with Crippen LogP contribution in [-0.4, -0.2) is 22.9 Å². The number of rotatable bonds is 5. The summed E-state index contributed by atoms with van der Waals surface area (Å²) in [5.74, 6) is -1.13. The monoisotopic (exact) mass is 334 g/mol. The fourth-order valence-electron chi connectivity index (χ4n) is 1.79. The molecular weight excluding hydrogens is 320 g/mol. The number of aryl methyl sites for hydroxylation is 1. The molecule has 23 heavy (non-hydrogen) atoms. The number of nitrogens with zero attached hydrogens (tertiary/aromatic N) is 1. The van der Waals surface area contributed by atoms with Crippen LogP contribution in [0.1, 0.15) is 22.2 Å². The van der Waals surface area contributed by atoms with Crippen LogP contribution in [0.2, 0.25) is 0 Å². The fourth-order valence-corrected chi connectivity index (χ4v) is 2.60. The zero-order valence-electron chi connectivity index (χ0n) is 12.4. The molecule has 0 aliphatic rings. The number of hydrogen-bond acceptors (Lipinski definition) is 6. The third kappa shape index (κ3) is 4.13. The molecule has 1 aromatic heterocycles. The number of carbonyl (C=O) groups excluding carboxylic acids is 2. The Balaban J connectivity index is 2.00. The van der Waals surface area contributed by atoms with Crippen LogP contribution in [-0.2, 0) is 9.53 Å². The van der Waals surface area contributed by atoms with E-state index in [-0.39, 0.29) is 11.4 Å². The Bertz CT molecular complexity index is 756. The molecule has 0 aliphatic carbocycles. The second-order valence-corrected chi connectivity index (χ2v) is 5.69. The lowest BCUT2D eigenvalue weighted by atomic mass is 10.2. The average Bonchev–Trinajstić information content (AvgIpc) is 2.93. The number of esters is 1. The van der Waals surface area contributed by atoms with Gasteiger partial charge in [0.15, 0.2) is 6.10 Å². The summed E-state index contributed by atoms with van der Waals surface area (Å²) in [4.78, 5) is 34.6. The first-order valence-corrected chi connectivity index (χ1v) is 7.57. The molecule has 7 nitrogen and oxygen atoms in total. The number of non-ortho nitro benzene ring substituents is 1. The molecule has 0 saturated heterocycles. The smallest absolute Gasteiger partial charge is 0.349 e. The minimum Gasteiger partial charge on any atom is -0.448 e. The topological polar surface area (TPSA) is 98.5 Å². The van der Waals surface area contributed by atoms with Crippen molar-refractivity contribution in [2.24, 2.45) is 0 Å². The SMILES string of the molecule is Cc1ccsc1C(=O)O[C@H](C)C(=O)Nc1cccc([N+](=O)[O-])c1. The van der Waals surface area contributed by atoms with Crippen LogP contribution in [0.25, 0.3) is 0 Å². The van der Waals surface area contributed by atoms with E-state index in [1.807, 2.05) is 0 Å². The largest absolute Gasteiger partial charge is 0.448 e. The van der Waals surface area contributed by atoms with Crippen molar-refractivity contribution < 1.29 is 19.2 Å². The Morgan fingerprint density at radius 3 is 2.70 bits per heavy atom. The summed E-state index contributed by atoms with van der Waals surface area (Å²) in [6, 6.07) is 7.31. The molecule has 1 N–H and O–H groups in total. The van der Waals surface area contributed by atoms with Gasteiger partial charge in [0.1, 0.15) is 4.88 Å². The second-order valence-electron chi connectivity index (χ2n) is 4.78. The van der Waals surface area contributed by atoms with Crippen LogP contribution in [0.5, 0.6) is 0 Å². The van der Waals surface area contributed by atoms with Gasteiger partial charge >= 0.3 is 5.97 Å². The van der Waals surface area contributed by atoms with E-state index in [0.717, 1.165) is 5.56 Å². The number of carbonyl (C=O) groups is 2. The Kier molecular flexibility index (Phi) is 5.07. The number of nitrogens with one attached hydrogen (secondary N) is 1. The highest BCUT2D eigenvalue weighted by Gasteiger charge is 2.21. The Morgan fingerprint density at radius 2 is 2.09 bits per heavy atom. The van der Waals surface area contributed by atoms with Gasteiger partial charge in [0.25, 0.3) is 11.6 Å². The number of nitro benzene ring substituents is 1. The molecule has 0 bridgehead atoms. The van der Waals surface area contributed by atoms with Gasteiger partial charge < -0.3 is 10.1 Å². The summed E-state index contributed by atoms with van der Waals surface area (Å²) >= 11 is 1.24. The molecule has 2 rings (SSSR count). The van der Waals surface area contributed by atoms with Crippen molar-refractivity contribution in [3.05, 3.63) is 56.3 Å². The summed E-state index contributed by atoms with van der Waals surface area (Å²) in [5, 5.41) is 15.0. The number of thiophene rings is 1. The summed E-state index contributed by atoms with van der Waals surface area (Å²) in [6.45, 7) is 3.22. The third-order valence-corrected chi connectivity index (χ3v) is 4.02. The van der Waals surface area contributed by atoms with Crippen LogP contribution in [0, 0.1) is 17.0 Å². The van der Waals surface area contributed by atoms with Crippen molar-refractivity contribution in [3.63, 3.8) is 0 Å². The highest BCUT2D eigenvalue weighted by Crippen LogP contribution is 2.19. The minimum absolute atomic E-state index is 0.137. The number of hydrogen-bond donors (Lipinski definition) is 1. The van der Waals surface area contributed by atoms with E-state index in [0.29, 0.717) is 4.88 Å². The standard InChI is InChI=1S/C15H14N2O5S/c1-9-6-7-23-13(9)15(19)22-10(2)14(18)16-11-4-3-5-12(8-11)17(20)21/h3-8,10H,1-2H3,(H,16,18)/t10-/m1/s1. The van der Waals surface area contributed by atoms with E-state index >= 15 is 0 Å². The minimum atomic E-state index is -1.02. The van der Waals surface area contributed by atoms with Crippen molar-refractivity contribution in [2.75, 3.05) is 5.32 Å². The van der Waals surface area contributed by atoms with Crippen LogP contribution in [0.4, 0.5) is 11.4 Å². The molecule has 0 spiro atoms. The van der Waals surface area contributed by atoms with Crippen LogP contribution in [0.3, 0.4) is 0 Å². The van der Waals surface area contributed by atoms with Crippen LogP contribution >= 0.6 is 11.3 Å². The van der Waals surface area contributed by atoms with Gasteiger partial charge in [-0.2, -0.15) is 0 Å². The van der Waals surface area contributed by atoms with Gasteiger partial charge in [-0.15, -0.1) is 11.3 Å².